The number of urea groups is 1. The lowest BCUT2D eigenvalue weighted by atomic mass is 10.1. The number of carbonyl (C=O) groups is 3. The van der Waals surface area contributed by atoms with E-state index in [1.165, 1.54) is 14.0 Å². The van der Waals surface area contributed by atoms with Crippen LogP contribution in [0.4, 0.5) is 10.5 Å². The van der Waals surface area contributed by atoms with Gasteiger partial charge in [-0.05, 0) is 54.4 Å². The zero-order chi connectivity index (χ0) is 28.5. The largest absolute Gasteiger partial charge is 0.497 e. The average Bonchev–Trinajstić information content (AvgIpc) is 2.99. The van der Waals surface area contributed by atoms with Crippen LogP contribution in [0.1, 0.15) is 44.9 Å². The SMILES string of the molecule is COC(=O)c1ccc(CO[C@@H](CN2CCN(C(=O)Nc3cccc(C(C)=O)c3)CC2)c2cccc(OC)c2)cc1. The quantitative estimate of drug-likeness (QED) is 0.289. The third-order valence-corrected chi connectivity index (χ3v) is 6.90. The molecule has 0 radical (unpaired) electrons. The van der Waals surface area contributed by atoms with Gasteiger partial charge in [0.2, 0.25) is 0 Å². The van der Waals surface area contributed by atoms with Gasteiger partial charge < -0.3 is 24.4 Å². The number of benzene rings is 3. The van der Waals surface area contributed by atoms with Crippen LogP contribution in [0.25, 0.3) is 0 Å². The number of anilines is 1. The van der Waals surface area contributed by atoms with Crippen molar-refractivity contribution in [1.82, 2.24) is 9.80 Å². The first kappa shape index (κ1) is 28.8. The Kier molecular flexibility index (Phi) is 9.88. The van der Waals surface area contributed by atoms with Gasteiger partial charge in [0.05, 0.1) is 32.5 Å². The number of piperazine rings is 1. The number of ether oxygens (including phenoxy) is 3. The Morgan fingerprint density at radius 1 is 0.875 bits per heavy atom. The van der Waals surface area contributed by atoms with Crippen LogP contribution in [0, 0.1) is 0 Å². The molecule has 1 fully saturated rings. The van der Waals surface area contributed by atoms with Crippen molar-refractivity contribution in [3.8, 4) is 5.75 Å². The van der Waals surface area contributed by atoms with Crippen molar-refractivity contribution in [2.24, 2.45) is 0 Å². The minimum Gasteiger partial charge on any atom is -0.497 e. The highest BCUT2D eigenvalue weighted by Crippen LogP contribution is 2.25. The van der Waals surface area contributed by atoms with Crippen molar-refractivity contribution in [3.63, 3.8) is 0 Å². The number of nitrogens with one attached hydrogen (secondary N) is 1. The highest BCUT2D eigenvalue weighted by molar-refractivity contribution is 5.96. The topological polar surface area (TPSA) is 97.4 Å². The Morgan fingerprint density at radius 2 is 1.60 bits per heavy atom. The zero-order valence-corrected chi connectivity index (χ0v) is 23.1. The lowest BCUT2D eigenvalue weighted by molar-refractivity contribution is 0.00582. The summed E-state index contributed by atoms with van der Waals surface area (Å²) in [4.78, 5) is 40.3. The molecule has 0 aromatic heterocycles. The number of esters is 1. The molecule has 1 heterocycles. The third kappa shape index (κ3) is 7.68. The van der Waals surface area contributed by atoms with Crippen molar-refractivity contribution in [3.05, 3.63) is 95.1 Å². The summed E-state index contributed by atoms with van der Waals surface area (Å²) in [5, 5.41) is 2.90. The number of hydrogen-bond donors (Lipinski definition) is 1. The molecular formula is C31H35N3O6. The molecule has 1 N–H and O–H groups in total. The highest BCUT2D eigenvalue weighted by Gasteiger charge is 2.25. The second-order valence-corrected chi connectivity index (χ2v) is 9.62. The molecule has 1 aliphatic rings. The van der Waals surface area contributed by atoms with E-state index in [9.17, 15) is 14.4 Å². The summed E-state index contributed by atoms with van der Waals surface area (Å²) < 4.78 is 16.6. The molecule has 9 nitrogen and oxygen atoms in total. The summed E-state index contributed by atoms with van der Waals surface area (Å²) in [7, 11) is 3.00. The molecule has 1 saturated heterocycles. The Bertz CT molecular complexity index is 1320. The van der Waals surface area contributed by atoms with Gasteiger partial charge in [-0.15, -0.1) is 0 Å². The molecule has 3 aromatic rings. The van der Waals surface area contributed by atoms with E-state index in [0.717, 1.165) is 16.9 Å². The third-order valence-electron chi connectivity index (χ3n) is 6.90. The molecule has 1 aliphatic heterocycles. The Labute approximate surface area is 234 Å². The molecule has 2 amide bonds. The second kappa shape index (κ2) is 13.7. The van der Waals surface area contributed by atoms with Gasteiger partial charge >= 0.3 is 12.0 Å². The Hall–Kier alpha value is -4.21. The molecule has 210 valence electrons. The molecule has 1 atom stereocenters. The van der Waals surface area contributed by atoms with E-state index in [1.807, 2.05) is 36.4 Å². The summed E-state index contributed by atoms with van der Waals surface area (Å²) in [6, 6.07) is 21.8. The molecule has 0 spiro atoms. The van der Waals surface area contributed by atoms with E-state index in [0.29, 0.717) is 56.1 Å². The molecular weight excluding hydrogens is 510 g/mol. The van der Waals surface area contributed by atoms with Crippen LogP contribution < -0.4 is 10.1 Å². The Morgan fingerprint density at radius 3 is 2.27 bits per heavy atom. The second-order valence-electron chi connectivity index (χ2n) is 9.62. The predicted molar refractivity (Wildman–Crippen MR) is 152 cm³/mol. The number of hydrogen-bond acceptors (Lipinski definition) is 7. The van der Waals surface area contributed by atoms with Gasteiger partial charge in [-0.3, -0.25) is 9.69 Å². The van der Waals surface area contributed by atoms with Gasteiger partial charge in [0.25, 0.3) is 0 Å². The first-order valence-corrected chi connectivity index (χ1v) is 13.2. The van der Waals surface area contributed by atoms with Gasteiger partial charge in [0.15, 0.2) is 5.78 Å². The fraction of sp³-hybridized carbons (Fsp3) is 0.323. The number of rotatable bonds is 10. The van der Waals surface area contributed by atoms with Crippen LogP contribution in [0.5, 0.6) is 5.75 Å². The van der Waals surface area contributed by atoms with Crippen LogP contribution >= 0.6 is 0 Å². The van der Waals surface area contributed by atoms with Crippen molar-refractivity contribution >= 4 is 23.5 Å². The van der Waals surface area contributed by atoms with E-state index < -0.39 is 0 Å². The van der Waals surface area contributed by atoms with Gasteiger partial charge in [-0.2, -0.15) is 0 Å². The van der Waals surface area contributed by atoms with Gasteiger partial charge in [-0.1, -0.05) is 36.4 Å². The summed E-state index contributed by atoms with van der Waals surface area (Å²) in [6.07, 6.45) is -0.231. The standard InChI is InChI=1S/C31H35N3O6/c1-22(35)25-6-4-8-27(18-25)32-31(37)34-16-14-33(15-17-34)20-29(26-7-5-9-28(19-26)38-2)40-21-23-10-12-24(13-11-23)30(36)39-3/h4-13,18-19,29H,14-17,20-21H2,1-3H3,(H,32,37)/t29-/m0/s1. The van der Waals surface area contributed by atoms with Crippen LogP contribution in [-0.2, 0) is 16.1 Å². The average molecular weight is 546 g/mol. The molecule has 0 saturated carbocycles. The minimum absolute atomic E-state index is 0.0456. The molecule has 40 heavy (non-hydrogen) atoms. The first-order chi connectivity index (χ1) is 19.4. The van der Waals surface area contributed by atoms with Crippen molar-refractivity contribution in [2.45, 2.75) is 19.6 Å². The van der Waals surface area contributed by atoms with Crippen LogP contribution in [0.2, 0.25) is 0 Å². The monoisotopic (exact) mass is 545 g/mol. The minimum atomic E-state index is -0.376. The van der Waals surface area contributed by atoms with Crippen molar-refractivity contribution in [2.75, 3.05) is 52.3 Å². The van der Waals surface area contributed by atoms with Crippen LogP contribution in [-0.4, -0.2) is 74.5 Å². The summed E-state index contributed by atoms with van der Waals surface area (Å²) in [5.41, 5.74) is 3.59. The van der Waals surface area contributed by atoms with E-state index in [-0.39, 0.29) is 23.9 Å². The first-order valence-electron chi connectivity index (χ1n) is 13.2. The lowest BCUT2D eigenvalue weighted by Crippen LogP contribution is -2.50. The molecule has 0 unspecified atom stereocenters. The lowest BCUT2D eigenvalue weighted by Gasteiger charge is -2.36. The van der Waals surface area contributed by atoms with Gasteiger partial charge in [0, 0.05) is 44.0 Å². The van der Waals surface area contributed by atoms with Gasteiger partial charge in [0.1, 0.15) is 5.75 Å². The van der Waals surface area contributed by atoms with Crippen LogP contribution in [0.15, 0.2) is 72.8 Å². The number of amides is 2. The molecule has 0 aliphatic carbocycles. The number of ketones is 1. The fourth-order valence-electron chi connectivity index (χ4n) is 4.53. The maximum absolute atomic E-state index is 12.9. The highest BCUT2D eigenvalue weighted by atomic mass is 16.5. The zero-order valence-electron chi connectivity index (χ0n) is 23.1. The summed E-state index contributed by atoms with van der Waals surface area (Å²) >= 11 is 0. The molecule has 9 heteroatoms. The van der Waals surface area contributed by atoms with E-state index in [2.05, 4.69) is 10.2 Å². The molecule has 4 rings (SSSR count). The molecule has 3 aromatic carbocycles. The van der Waals surface area contributed by atoms with E-state index in [1.54, 1.807) is 48.4 Å². The van der Waals surface area contributed by atoms with Crippen LogP contribution in [0.3, 0.4) is 0 Å². The maximum Gasteiger partial charge on any atom is 0.337 e. The van der Waals surface area contributed by atoms with E-state index >= 15 is 0 Å². The molecule has 0 bridgehead atoms. The summed E-state index contributed by atoms with van der Waals surface area (Å²) in [6.45, 7) is 5.03. The van der Waals surface area contributed by atoms with Crippen molar-refractivity contribution in [1.29, 1.82) is 0 Å². The van der Waals surface area contributed by atoms with E-state index in [4.69, 9.17) is 14.2 Å². The smallest absolute Gasteiger partial charge is 0.337 e. The predicted octanol–water partition coefficient (Wildman–Crippen LogP) is 4.79. The number of Topliss-reactive ketones (excluding diaryl/α,β-unsaturated/α-hetero) is 1. The number of nitrogens with zero attached hydrogens (tertiary/aromatic N) is 2. The number of carbonyl (C=O) groups excluding carboxylic acids is 3. The fourth-order valence-corrected chi connectivity index (χ4v) is 4.53. The summed E-state index contributed by atoms with van der Waals surface area (Å²) in [5.74, 6) is 0.332. The van der Waals surface area contributed by atoms with Gasteiger partial charge in [-0.25, -0.2) is 9.59 Å². The normalized spacial score (nSPS) is 14.3. The number of methoxy groups -OCH3 is 2. The van der Waals surface area contributed by atoms with Crippen molar-refractivity contribution < 1.29 is 28.6 Å². The Balaban J connectivity index is 1.37. The maximum atomic E-state index is 12.9.